The van der Waals surface area contributed by atoms with E-state index in [1.54, 1.807) is 19.1 Å². The number of nitrogens with two attached hydrogens (primary N) is 1. The second-order valence-electron chi connectivity index (χ2n) is 7.69. The number of primary amides is 1. The van der Waals surface area contributed by atoms with Gasteiger partial charge in [0.2, 0.25) is 0 Å². The van der Waals surface area contributed by atoms with Crippen molar-refractivity contribution in [3.63, 3.8) is 0 Å². The van der Waals surface area contributed by atoms with Gasteiger partial charge in [-0.1, -0.05) is 35.9 Å². The maximum Gasteiger partial charge on any atom is 0.317 e. The Morgan fingerprint density at radius 3 is 2.45 bits per heavy atom. The van der Waals surface area contributed by atoms with Gasteiger partial charge in [0.1, 0.15) is 11.6 Å². The van der Waals surface area contributed by atoms with Crippen LogP contribution in [0.25, 0.3) is 0 Å². The number of benzene rings is 1. The van der Waals surface area contributed by atoms with Crippen LogP contribution in [-0.4, -0.2) is 34.9 Å². The van der Waals surface area contributed by atoms with Gasteiger partial charge in [-0.05, 0) is 56.2 Å². The Labute approximate surface area is 171 Å². The highest BCUT2D eigenvalue weighted by Gasteiger charge is 2.26. The number of rotatable bonds is 6. The lowest BCUT2D eigenvalue weighted by Gasteiger charge is -2.36. The zero-order valence-corrected chi connectivity index (χ0v) is 16.9. The van der Waals surface area contributed by atoms with E-state index in [0.29, 0.717) is 23.7 Å². The first-order valence-electron chi connectivity index (χ1n) is 10.1. The molecule has 1 aromatic carbocycles. The highest BCUT2D eigenvalue weighted by atomic mass is 16.3. The fourth-order valence-electron chi connectivity index (χ4n) is 4.05. The van der Waals surface area contributed by atoms with Crippen LogP contribution in [0.15, 0.2) is 59.5 Å². The number of phenols is 1. The highest BCUT2D eigenvalue weighted by molar-refractivity contribution is 5.95. The van der Waals surface area contributed by atoms with E-state index in [-0.39, 0.29) is 11.5 Å². The van der Waals surface area contributed by atoms with Gasteiger partial charge >= 0.3 is 6.03 Å². The van der Waals surface area contributed by atoms with Crippen molar-refractivity contribution in [2.75, 3.05) is 13.1 Å². The summed E-state index contributed by atoms with van der Waals surface area (Å²) in [4.78, 5) is 26.2. The van der Waals surface area contributed by atoms with Gasteiger partial charge in [0, 0.05) is 25.1 Å². The van der Waals surface area contributed by atoms with Gasteiger partial charge in [-0.3, -0.25) is 10.1 Å². The number of hydrogen-bond donors (Lipinski definition) is 3. The molecule has 0 radical (unpaired) electrons. The Balaban J connectivity index is 1.80. The van der Waals surface area contributed by atoms with Crippen molar-refractivity contribution >= 4 is 11.8 Å². The van der Waals surface area contributed by atoms with Gasteiger partial charge in [0.25, 0.3) is 0 Å². The van der Waals surface area contributed by atoms with Crippen LogP contribution >= 0.6 is 0 Å². The van der Waals surface area contributed by atoms with Gasteiger partial charge < -0.3 is 15.7 Å². The molecular formula is C23H29N3O3. The van der Waals surface area contributed by atoms with Gasteiger partial charge in [-0.25, -0.2) is 4.79 Å². The number of carbonyl (C=O) groups is 2. The van der Waals surface area contributed by atoms with E-state index in [4.69, 9.17) is 5.73 Å². The van der Waals surface area contributed by atoms with Gasteiger partial charge in [-0.2, -0.15) is 0 Å². The van der Waals surface area contributed by atoms with Crippen LogP contribution in [0, 0.1) is 0 Å². The number of carbonyl (C=O) groups excluding carboxylic acids is 2. The third-order valence-corrected chi connectivity index (χ3v) is 5.63. The quantitative estimate of drug-likeness (QED) is 0.640. The molecule has 0 atom stereocenters. The predicted molar refractivity (Wildman–Crippen MR) is 113 cm³/mol. The minimum absolute atomic E-state index is 0.0511. The third-order valence-electron chi connectivity index (χ3n) is 5.63. The van der Waals surface area contributed by atoms with Gasteiger partial charge in [0.15, 0.2) is 5.78 Å². The van der Waals surface area contributed by atoms with E-state index in [0.717, 1.165) is 38.8 Å². The van der Waals surface area contributed by atoms with E-state index >= 15 is 0 Å². The maximum absolute atomic E-state index is 12.5. The number of allylic oxidation sites excluding steroid dienone is 5. The Morgan fingerprint density at radius 2 is 1.90 bits per heavy atom. The molecule has 2 amide bonds. The molecule has 6 heteroatoms. The van der Waals surface area contributed by atoms with E-state index in [1.807, 2.05) is 24.3 Å². The second-order valence-corrected chi connectivity index (χ2v) is 7.69. The van der Waals surface area contributed by atoms with E-state index in [2.05, 4.69) is 16.3 Å². The number of aromatic hydroxyl groups is 1. The average Bonchev–Trinajstić information content (AvgIpc) is 2.72. The van der Waals surface area contributed by atoms with Crippen LogP contribution in [0.3, 0.4) is 0 Å². The molecule has 3 rings (SSSR count). The minimum Gasteiger partial charge on any atom is -0.508 e. The number of ketones is 1. The summed E-state index contributed by atoms with van der Waals surface area (Å²) in [5, 5.41) is 12.2. The number of nitrogens with zero attached hydrogens (tertiary/aromatic N) is 1. The smallest absolute Gasteiger partial charge is 0.317 e. The molecule has 1 saturated heterocycles. The standard InChI is InChI=1S/C23H29N3O3/c1-16(27)21(15-17-5-3-2-4-6-17)22(25-23(24)29)26-13-11-19(12-14-26)18-7-9-20(28)10-8-18/h2-3,5,7-10,19,28H,4,6,11-15H2,1H3,(H3,24,25,29)/b22-21+. The summed E-state index contributed by atoms with van der Waals surface area (Å²) >= 11 is 0. The Kier molecular flexibility index (Phi) is 6.75. The normalized spacial score (nSPS) is 18.1. The molecule has 154 valence electrons. The number of hydrogen-bond acceptors (Lipinski definition) is 4. The van der Waals surface area contributed by atoms with Crippen molar-refractivity contribution in [1.82, 2.24) is 10.2 Å². The first kappa shape index (κ1) is 20.7. The molecule has 1 fully saturated rings. The molecule has 4 N–H and O–H groups in total. The average molecular weight is 396 g/mol. The molecule has 1 heterocycles. The molecule has 29 heavy (non-hydrogen) atoms. The van der Waals surface area contributed by atoms with Crippen LogP contribution in [0.1, 0.15) is 50.5 Å². The first-order chi connectivity index (χ1) is 13.9. The van der Waals surface area contributed by atoms with Gasteiger partial charge in [-0.15, -0.1) is 0 Å². The molecule has 0 spiro atoms. The fraction of sp³-hybridized carbons (Fsp3) is 0.391. The lowest BCUT2D eigenvalue weighted by molar-refractivity contribution is -0.113. The van der Waals surface area contributed by atoms with Gasteiger partial charge in [0.05, 0.1) is 0 Å². The molecule has 0 bridgehead atoms. The number of likely N-dealkylation sites (tertiary alicyclic amines) is 1. The molecule has 0 saturated carbocycles. The third kappa shape index (κ3) is 5.50. The second kappa shape index (κ2) is 9.45. The van der Waals surface area contributed by atoms with Crippen molar-refractivity contribution in [1.29, 1.82) is 0 Å². The molecular weight excluding hydrogens is 366 g/mol. The zero-order chi connectivity index (χ0) is 20.8. The summed E-state index contributed by atoms with van der Waals surface area (Å²) in [5.74, 6) is 1.14. The van der Waals surface area contributed by atoms with Crippen LogP contribution in [0.2, 0.25) is 0 Å². The molecule has 1 aromatic rings. The number of amides is 2. The van der Waals surface area contributed by atoms with Crippen molar-refractivity contribution in [3.05, 3.63) is 65.0 Å². The van der Waals surface area contributed by atoms with E-state index in [9.17, 15) is 14.7 Å². The van der Waals surface area contributed by atoms with Crippen molar-refractivity contribution < 1.29 is 14.7 Å². The zero-order valence-electron chi connectivity index (χ0n) is 16.9. The molecule has 6 nitrogen and oxygen atoms in total. The largest absolute Gasteiger partial charge is 0.508 e. The summed E-state index contributed by atoms with van der Waals surface area (Å²) in [6.07, 6.45) is 10.4. The SMILES string of the molecule is CC(=O)/C(CC1=CC=CCC1)=C(\NC(N)=O)N1CCC(c2ccc(O)cc2)CC1. The Bertz CT molecular complexity index is 845. The van der Waals surface area contributed by atoms with E-state index in [1.165, 1.54) is 11.1 Å². The number of urea groups is 1. The molecule has 1 aliphatic heterocycles. The predicted octanol–water partition coefficient (Wildman–Crippen LogP) is 3.71. The molecule has 1 aliphatic carbocycles. The monoisotopic (exact) mass is 395 g/mol. The van der Waals surface area contributed by atoms with Crippen LogP contribution in [-0.2, 0) is 4.79 Å². The van der Waals surface area contributed by atoms with E-state index < -0.39 is 6.03 Å². The minimum atomic E-state index is -0.656. The van der Waals surface area contributed by atoms with Crippen molar-refractivity contribution in [3.8, 4) is 5.75 Å². The van der Waals surface area contributed by atoms with Crippen molar-refractivity contribution in [2.24, 2.45) is 5.73 Å². The fourth-order valence-corrected chi connectivity index (χ4v) is 4.05. The number of piperidine rings is 1. The lowest BCUT2D eigenvalue weighted by Crippen LogP contribution is -2.43. The lowest BCUT2D eigenvalue weighted by atomic mass is 9.89. The highest BCUT2D eigenvalue weighted by Crippen LogP contribution is 2.31. The number of phenolic OH excluding ortho intramolecular Hbond substituents is 1. The number of nitrogens with one attached hydrogen (secondary N) is 1. The van der Waals surface area contributed by atoms with Crippen LogP contribution < -0.4 is 11.1 Å². The number of Topliss-reactive ketones (excluding diaryl/α,β-unsaturated/α-hetero) is 1. The summed E-state index contributed by atoms with van der Waals surface area (Å²) in [6.45, 7) is 2.98. The topological polar surface area (TPSA) is 95.7 Å². The van der Waals surface area contributed by atoms with Crippen LogP contribution in [0.5, 0.6) is 5.75 Å². The summed E-state index contributed by atoms with van der Waals surface area (Å²) in [6, 6.07) is 6.68. The summed E-state index contributed by atoms with van der Waals surface area (Å²) in [7, 11) is 0. The van der Waals surface area contributed by atoms with Crippen LogP contribution in [0.4, 0.5) is 4.79 Å². The Hall–Kier alpha value is -3.02. The first-order valence-corrected chi connectivity index (χ1v) is 10.1. The Morgan fingerprint density at radius 1 is 1.21 bits per heavy atom. The molecule has 2 aliphatic rings. The summed E-state index contributed by atoms with van der Waals surface area (Å²) < 4.78 is 0. The maximum atomic E-state index is 12.5. The molecule has 0 unspecified atom stereocenters. The van der Waals surface area contributed by atoms with Crippen molar-refractivity contribution in [2.45, 2.75) is 44.9 Å². The molecule has 0 aromatic heterocycles. The summed E-state index contributed by atoms with van der Waals surface area (Å²) in [5.41, 5.74) is 8.41.